The summed E-state index contributed by atoms with van der Waals surface area (Å²) < 4.78 is 0. The van der Waals surface area contributed by atoms with E-state index < -0.39 is 0 Å². The number of hydrogen-bond acceptors (Lipinski definition) is 2. The Morgan fingerprint density at radius 3 is 1.45 bits per heavy atom. The number of Topliss-reactive ketones (excluding diaryl/α,β-unsaturated/α-hetero) is 2. The summed E-state index contributed by atoms with van der Waals surface area (Å²) in [6.45, 7) is 0. The van der Waals surface area contributed by atoms with E-state index in [0.29, 0.717) is 11.1 Å². The predicted molar refractivity (Wildman–Crippen MR) is 80.7 cm³/mol. The van der Waals surface area contributed by atoms with E-state index in [1.165, 1.54) is 0 Å². The van der Waals surface area contributed by atoms with Crippen LogP contribution < -0.4 is 0 Å². The van der Waals surface area contributed by atoms with Crippen molar-refractivity contribution in [1.29, 1.82) is 0 Å². The van der Waals surface area contributed by atoms with E-state index in [1.54, 1.807) is 12.1 Å². The van der Waals surface area contributed by atoms with Gasteiger partial charge in [-0.1, -0.05) is 24.3 Å². The number of ketones is 2. The van der Waals surface area contributed by atoms with Gasteiger partial charge in [-0.15, -0.1) is 0 Å². The van der Waals surface area contributed by atoms with Gasteiger partial charge in [0.05, 0.1) is 15.7 Å². The van der Waals surface area contributed by atoms with Crippen molar-refractivity contribution in [3.8, 4) is 22.3 Å². The summed E-state index contributed by atoms with van der Waals surface area (Å²) in [5.41, 5.74) is 5.43. The zero-order valence-electron chi connectivity index (χ0n) is 10.8. The third-order valence-electron chi connectivity index (χ3n) is 3.63. The number of fused-ring (bicyclic) bond motifs is 4. The van der Waals surface area contributed by atoms with Crippen molar-refractivity contribution in [2.24, 2.45) is 0 Å². The number of hydrogen-bond donors (Lipinski definition) is 0. The van der Waals surface area contributed by atoms with Gasteiger partial charge in [-0.2, -0.15) is 0 Å². The van der Waals surface area contributed by atoms with Crippen LogP contribution in [-0.4, -0.2) is 27.3 Å². The van der Waals surface area contributed by atoms with Crippen molar-refractivity contribution in [2.45, 2.75) is 12.6 Å². The Morgan fingerprint density at radius 2 is 1.10 bits per heavy atom. The quantitative estimate of drug-likeness (QED) is 0.531. The molecule has 0 spiro atoms. The van der Waals surface area contributed by atoms with E-state index in [1.807, 2.05) is 24.3 Å². The SMILES string of the molecule is [B]CC(=O)c1ccc2c(c1)-c1ccc(C(=O)C[B])cc1-2. The molecule has 0 bridgehead atoms. The zero-order chi connectivity index (χ0) is 14.3. The lowest BCUT2D eigenvalue weighted by atomic mass is 9.77. The minimum Gasteiger partial charge on any atom is -0.295 e. The van der Waals surface area contributed by atoms with Crippen LogP contribution in [0.25, 0.3) is 22.3 Å². The van der Waals surface area contributed by atoms with Crippen molar-refractivity contribution in [3.05, 3.63) is 47.5 Å². The van der Waals surface area contributed by atoms with Gasteiger partial charge in [-0.3, -0.25) is 9.59 Å². The molecule has 0 saturated heterocycles. The molecule has 4 radical (unpaired) electrons. The molecule has 0 atom stereocenters. The normalized spacial score (nSPS) is 11.2. The van der Waals surface area contributed by atoms with Crippen LogP contribution in [0.1, 0.15) is 20.7 Å². The average molecular weight is 256 g/mol. The molecule has 0 aromatic heterocycles. The molecule has 92 valence electrons. The topological polar surface area (TPSA) is 34.1 Å². The molecule has 0 N–H and O–H groups in total. The number of benzene rings is 2. The van der Waals surface area contributed by atoms with Gasteiger partial charge in [0, 0.05) is 11.1 Å². The van der Waals surface area contributed by atoms with Crippen LogP contribution in [0.3, 0.4) is 0 Å². The first kappa shape index (κ1) is 12.9. The minimum absolute atomic E-state index is 0.00951. The molecule has 1 aliphatic carbocycles. The van der Waals surface area contributed by atoms with Gasteiger partial charge >= 0.3 is 0 Å². The summed E-state index contributed by atoms with van der Waals surface area (Å²) in [4.78, 5) is 23.2. The van der Waals surface area contributed by atoms with Gasteiger partial charge < -0.3 is 0 Å². The predicted octanol–water partition coefficient (Wildman–Crippen LogP) is 2.87. The molecule has 4 heteroatoms. The smallest absolute Gasteiger partial charge is 0.154 e. The first-order valence-corrected chi connectivity index (χ1v) is 6.41. The molecule has 0 aliphatic heterocycles. The van der Waals surface area contributed by atoms with E-state index >= 15 is 0 Å². The highest BCUT2D eigenvalue weighted by molar-refractivity contribution is 6.25. The fraction of sp³-hybridized carbons (Fsp3) is 0.125. The van der Waals surface area contributed by atoms with Crippen molar-refractivity contribution >= 4 is 27.3 Å². The van der Waals surface area contributed by atoms with E-state index in [9.17, 15) is 9.59 Å². The van der Waals surface area contributed by atoms with E-state index in [2.05, 4.69) is 0 Å². The molecule has 2 nitrogen and oxygen atoms in total. The van der Waals surface area contributed by atoms with Crippen LogP contribution in [0.5, 0.6) is 0 Å². The van der Waals surface area contributed by atoms with Crippen LogP contribution in [0, 0.1) is 0 Å². The fourth-order valence-corrected chi connectivity index (χ4v) is 2.52. The van der Waals surface area contributed by atoms with Crippen molar-refractivity contribution in [3.63, 3.8) is 0 Å². The molecule has 0 fully saturated rings. The molecule has 2 aromatic carbocycles. The van der Waals surface area contributed by atoms with Gasteiger partial charge in [0.2, 0.25) is 0 Å². The first-order valence-electron chi connectivity index (χ1n) is 6.41. The molecule has 0 saturated carbocycles. The Hall–Kier alpha value is -2.09. The van der Waals surface area contributed by atoms with Gasteiger partial charge in [-0.25, -0.2) is 0 Å². The second kappa shape index (κ2) is 4.78. The maximum atomic E-state index is 11.6. The number of rotatable bonds is 4. The minimum atomic E-state index is -0.0730. The summed E-state index contributed by atoms with van der Waals surface area (Å²) in [5.74, 6) is -0.146. The lowest BCUT2D eigenvalue weighted by Gasteiger charge is -2.25. The molecule has 2 aromatic rings. The lowest BCUT2D eigenvalue weighted by molar-refractivity contribution is 0.101. The van der Waals surface area contributed by atoms with E-state index in [0.717, 1.165) is 22.3 Å². The maximum Gasteiger partial charge on any atom is 0.154 e. The fourth-order valence-electron chi connectivity index (χ4n) is 2.52. The molecular formula is C16H10B2O2. The second-order valence-corrected chi connectivity index (χ2v) is 4.78. The number of carbonyl (C=O) groups excluding carboxylic acids is 2. The summed E-state index contributed by atoms with van der Waals surface area (Å²) in [5, 5.41) is 0. The molecule has 20 heavy (non-hydrogen) atoms. The van der Waals surface area contributed by atoms with Crippen LogP contribution in [0.15, 0.2) is 36.4 Å². The number of carbonyl (C=O) groups is 2. The average Bonchev–Trinajstić information content (AvgIpc) is 2.50. The van der Waals surface area contributed by atoms with E-state index in [4.69, 9.17) is 15.7 Å². The Bertz CT molecular complexity index is 657. The van der Waals surface area contributed by atoms with Gasteiger partial charge in [-0.05, 0) is 47.0 Å². The molecule has 0 amide bonds. The summed E-state index contributed by atoms with van der Waals surface area (Å²) in [6, 6.07) is 11.1. The zero-order valence-corrected chi connectivity index (χ0v) is 10.8. The highest BCUT2D eigenvalue weighted by Gasteiger charge is 2.24. The Balaban J connectivity index is 2.01. The van der Waals surface area contributed by atoms with Crippen molar-refractivity contribution in [1.82, 2.24) is 0 Å². The first-order chi connectivity index (χ1) is 9.65. The van der Waals surface area contributed by atoms with Crippen LogP contribution in [0.4, 0.5) is 0 Å². The van der Waals surface area contributed by atoms with E-state index in [-0.39, 0.29) is 24.2 Å². The Morgan fingerprint density at radius 1 is 0.700 bits per heavy atom. The van der Waals surface area contributed by atoms with Crippen LogP contribution in [-0.2, 0) is 0 Å². The lowest BCUT2D eigenvalue weighted by Crippen LogP contribution is -2.06. The highest BCUT2D eigenvalue weighted by atomic mass is 16.1. The summed E-state index contributed by atoms with van der Waals surface area (Å²) in [6.07, 6.45) is 0.0190. The maximum absolute atomic E-state index is 11.6. The molecule has 3 rings (SSSR count). The second-order valence-electron chi connectivity index (χ2n) is 4.78. The van der Waals surface area contributed by atoms with Crippen LogP contribution in [0.2, 0.25) is 12.6 Å². The third kappa shape index (κ3) is 1.83. The van der Waals surface area contributed by atoms with Gasteiger partial charge in [0.1, 0.15) is 0 Å². The summed E-state index contributed by atoms with van der Waals surface area (Å²) >= 11 is 0. The largest absolute Gasteiger partial charge is 0.295 e. The molecule has 1 aliphatic rings. The molecule has 0 unspecified atom stereocenters. The summed E-state index contributed by atoms with van der Waals surface area (Å²) in [7, 11) is 10.7. The standard InChI is InChI=1S/C16H10B2O2/c17-7-15(19)9-1-3-11-13(5-9)12-4-2-10(6-14(11)12)16(20)8-18/h1-6H,7-8H2. The van der Waals surface area contributed by atoms with Gasteiger partial charge in [0.15, 0.2) is 11.6 Å². The third-order valence-corrected chi connectivity index (χ3v) is 3.63. The van der Waals surface area contributed by atoms with Crippen molar-refractivity contribution < 1.29 is 9.59 Å². The molecular weight excluding hydrogens is 246 g/mol. The van der Waals surface area contributed by atoms with Gasteiger partial charge in [0.25, 0.3) is 0 Å². The monoisotopic (exact) mass is 256 g/mol. The highest BCUT2D eigenvalue weighted by Crippen LogP contribution is 2.47. The molecule has 0 heterocycles. The Labute approximate surface area is 120 Å². The Kier molecular flexibility index (Phi) is 3.09. The van der Waals surface area contributed by atoms with Crippen molar-refractivity contribution in [2.75, 3.05) is 0 Å². The van der Waals surface area contributed by atoms with Crippen LogP contribution >= 0.6 is 0 Å².